The van der Waals surface area contributed by atoms with Gasteiger partial charge in [-0.25, -0.2) is 4.98 Å². The van der Waals surface area contributed by atoms with Gasteiger partial charge in [-0.2, -0.15) is 0 Å². The van der Waals surface area contributed by atoms with E-state index in [1.165, 1.54) is 0 Å². The van der Waals surface area contributed by atoms with E-state index in [0.717, 1.165) is 40.8 Å². The Morgan fingerprint density at radius 3 is 2.86 bits per heavy atom. The second-order valence-corrected chi connectivity index (χ2v) is 5.62. The molecule has 2 heterocycles. The molecule has 4 heteroatoms. The lowest BCUT2D eigenvalue weighted by Crippen LogP contribution is -2.15. The number of aromatic nitrogens is 3. The summed E-state index contributed by atoms with van der Waals surface area (Å²) in [6, 6.07) is 10.0. The van der Waals surface area contributed by atoms with Crippen LogP contribution in [0.15, 0.2) is 41.3 Å². The Morgan fingerprint density at radius 1 is 1.24 bits per heavy atom. The van der Waals surface area contributed by atoms with Gasteiger partial charge in [0.2, 0.25) is 0 Å². The quantitative estimate of drug-likeness (QED) is 0.782. The molecule has 0 aliphatic heterocycles. The normalized spacial score (nSPS) is 14.5. The zero-order valence-electron chi connectivity index (χ0n) is 11.8. The lowest BCUT2D eigenvalue weighted by Gasteiger charge is -2.08. The molecule has 21 heavy (non-hydrogen) atoms. The molecule has 1 saturated carbocycles. The molecule has 1 aromatic carbocycles. The van der Waals surface area contributed by atoms with Crippen LogP contribution in [-0.4, -0.2) is 15.0 Å². The number of rotatable bonds is 2. The minimum atomic E-state index is -0.0462. The standard InChI is InChI=1S/C17H15N3O/c1-10-15(19-16(11-6-7-11)20-17(10)21)13-8-12-4-2-3-5-14(12)18-9-13/h2-5,8-9,11H,6-7H2,1H3,(H,19,20,21). The van der Waals surface area contributed by atoms with Gasteiger partial charge < -0.3 is 4.98 Å². The molecule has 0 atom stereocenters. The predicted molar refractivity (Wildman–Crippen MR) is 82.3 cm³/mol. The molecule has 1 N–H and O–H groups in total. The molecule has 0 saturated heterocycles. The first-order valence-corrected chi connectivity index (χ1v) is 7.18. The van der Waals surface area contributed by atoms with E-state index in [4.69, 9.17) is 0 Å². The molecule has 1 fully saturated rings. The lowest BCUT2D eigenvalue weighted by atomic mass is 10.1. The van der Waals surface area contributed by atoms with Crippen LogP contribution >= 0.6 is 0 Å². The van der Waals surface area contributed by atoms with Gasteiger partial charge in [-0.15, -0.1) is 0 Å². The van der Waals surface area contributed by atoms with Gasteiger partial charge in [-0.1, -0.05) is 18.2 Å². The third-order valence-corrected chi connectivity index (χ3v) is 4.00. The number of pyridine rings is 1. The first-order chi connectivity index (χ1) is 10.2. The number of para-hydroxylation sites is 1. The van der Waals surface area contributed by atoms with Gasteiger partial charge >= 0.3 is 0 Å². The van der Waals surface area contributed by atoms with E-state index in [0.29, 0.717) is 11.5 Å². The highest BCUT2D eigenvalue weighted by molar-refractivity contribution is 5.83. The van der Waals surface area contributed by atoms with Gasteiger partial charge in [0.1, 0.15) is 5.82 Å². The summed E-state index contributed by atoms with van der Waals surface area (Å²) < 4.78 is 0. The maximum atomic E-state index is 12.1. The molecule has 104 valence electrons. The fourth-order valence-electron chi connectivity index (χ4n) is 2.58. The van der Waals surface area contributed by atoms with Crippen molar-refractivity contribution in [1.29, 1.82) is 0 Å². The van der Waals surface area contributed by atoms with Crippen molar-refractivity contribution in [2.24, 2.45) is 0 Å². The van der Waals surface area contributed by atoms with Crippen molar-refractivity contribution in [3.63, 3.8) is 0 Å². The van der Waals surface area contributed by atoms with Crippen LogP contribution in [-0.2, 0) is 0 Å². The summed E-state index contributed by atoms with van der Waals surface area (Å²) in [5.74, 6) is 1.24. The summed E-state index contributed by atoms with van der Waals surface area (Å²) in [6.07, 6.45) is 4.02. The van der Waals surface area contributed by atoms with Crippen LogP contribution in [0, 0.1) is 6.92 Å². The second kappa shape index (κ2) is 4.52. The zero-order valence-corrected chi connectivity index (χ0v) is 11.8. The van der Waals surface area contributed by atoms with Gasteiger partial charge in [0.15, 0.2) is 0 Å². The molecule has 0 unspecified atom stereocenters. The Hall–Kier alpha value is -2.49. The molecule has 1 aliphatic carbocycles. The van der Waals surface area contributed by atoms with Crippen molar-refractivity contribution in [2.75, 3.05) is 0 Å². The molecular weight excluding hydrogens is 262 g/mol. The Morgan fingerprint density at radius 2 is 2.05 bits per heavy atom. The fourth-order valence-corrected chi connectivity index (χ4v) is 2.58. The van der Waals surface area contributed by atoms with Crippen molar-refractivity contribution in [2.45, 2.75) is 25.7 Å². The third kappa shape index (κ3) is 2.13. The SMILES string of the molecule is Cc1c(-c2cnc3ccccc3c2)nc(C2CC2)[nH]c1=O. The van der Waals surface area contributed by atoms with Crippen LogP contribution in [0.5, 0.6) is 0 Å². The smallest absolute Gasteiger partial charge is 0.254 e. The topological polar surface area (TPSA) is 58.6 Å². The summed E-state index contributed by atoms with van der Waals surface area (Å²) in [5, 5.41) is 1.06. The molecular formula is C17H15N3O. The maximum absolute atomic E-state index is 12.1. The van der Waals surface area contributed by atoms with Crippen LogP contribution in [0.1, 0.15) is 30.1 Å². The van der Waals surface area contributed by atoms with Crippen LogP contribution in [0.3, 0.4) is 0 Å². The van der Waals surface area contributed by atoms with E-state index in [9.17, 15) is 4.79 Å². The maximum Gasteiger partial charge on any atom is 0.254 e. The van der Waals surface area contributed by atoms with Crippen LogP contribution in [0.4, 0.5) is 0 Å². The Bertz CT molecular complexity index is 894. The van der Waals surface area contributed by atoms with Gasteiger partial charge in [0, 0.05) is 28.6 Å². The van der Waals surface area contributed by atoms with E-state index in [-0.39, 0.29) is 5.56 Å². The van der Waals surface area contributed by atoms with Crippen molar-refractivity contribution in [3.8, 4) is 11.3 Å². The summed E-state index contributed by atoms with van der Waals surface area (Å²) >= 11 is 0. The third-order valence-electron chi connectivity index (χ3n) is 4.00. The van der Waals surface area contributed by atoms with Crippen molar-refractivity contribution in [3.05, 3.63) is 58.3 Å². The van der Waals surface area contributed by atoms with Crippen LogP contribution < -0.4 is 5.56 Å². The van der Waals surface area contributed by atoms with Gasteiger partial charge in [-0.05, 0) is 31.9 Å². The predicted octanol–water partition coefficient (Wildman–Crippen LogP) is 3.17. The molecule has 0 amide bonds. The van der Waals surface area contributed by atoms with Crippen molar-refractivity contribution in [1.82, 2.24) is 15.0 Å². The fraction of sp³-hybridized carbons (Fsp3) is 0.235. The van der Waals surface area contributed by atoms with E-state index in [1.54, 1.807) is 6.20 Å². The Kier molecular flexibility index (Phi) is 2.64. The number of benzene rings is 1. The van der Waals surface area contributed by atoms with E-state index in [1.807, 2.05) is 37.3 Å². The number of aromatic amines is 1. The number of nitrogens with one attached hydrogen (secondary N) is 1. The monoisotopic (exact) mass is 277 g/mol. The molecule has 4 rings (SSSR count). The highest BCUT2D eigenvalue weighted by atomic mass is 16.1. The average Bonchev–Trinajstić information content (AvgIpc) is 3.34. The molecule has 4 nitrogen and oxygen atoms in total. The second-order valence-electron chi connectivity index (χ2n) is 5.62. The van der Waals surface area contributed by atoms with E-state index in [2.05, 4.69) is 15.0 Å². The van der Waals surface area contributed by atoms with Crippen molar-refractivity contribution >= 4 is 10.9 Å². The van der Waals surface area contributed by atoms with E-state index >= 15 is 0 Å². The number of nitrogens with zero attached hydrogens (tertiary/aromatic N) is 2. The van der Waals surface area contributed by atoms with Crippen LogP contribution in [0.2, 0.25) is 0 Å². The number of H-pyrrole nitrogens is 1. The summed E-state index contributed by atoms with van der Waals surface area (Å²) in [6.45, 7) is 1.81. The highest BCUT2D eigenvalue weighted by Crippen LogP contribution is 2.38. The number of hydrogen-bond acceptors (Lipinski definition) is 3. The average molecular weight is 277 g/mol. The van der Waals surface area contributed by atoms with Gasteiger partial charge in [0.25, 0.3) is 5.56 Å². The van der Waals surface area contributed by atoms with Crippen LogP contribution in [0.25, 0.3) is 22.2 Å². The molecule has 0 bridgehead atoms. The zero-order chi connectivity index (χ0) is 14.4. The summed E-state index contributed by atoms with van der Waals surface area (Å²) in [5.41, 5.74) is 3.20. The largest absolute Gasteiger partial charge is 0.310 e. The Balaban J connectivity index is 1.92. The minimum Gasteiger partial charge on any atom is -0.310 e. The molecule has 2 aromatic heterocycles. The number of fused-ring (bicyclic) bond motifs is 1. The molecule has 1 aliphatic rings. The molecule has 3 aromatic rings. The van der Waals surface area contributed by atoms with Crippen molar-refractivity contribution < 1.29 is 0 Å². The highest BCUT2D eigenvalue weighted by Gasteiger charge is 2.27. The summed E-state index contributed by atoms with van der Waals surface area (Å²) in [7, 11) is 0. The van der Waals surface area contributed by atoms with Gasteiger partial charge in [-0.3, -0.25) is 9.78 Å². The molecule has 0 spiro atoms. The number of hydrogen-bond donors (Lipinski definition) is 1. The van der Waals surface area contributed by atoms with Gasteiger partial charge in [0.05, 0.1) is 11.2 Å². The summed E-state index contributed by atoms with van der Waals surface area (Å²) in [4.78, 5) is 24.2. The molecule has 0 radical (unpaired) electrons. The Labute approximate surface area is 121 Å². The first kappa shape index (κ1) is 12.3. The lowest BCUT2D eigenvalue weighted by molar-refractivity contribution is 0.900. The first-order valence-electron chi connectivity index (χ1n) is 7.18. The minimum absolute atomic E-state index is 0.0462. The van der Waals surface area contributed by atoms with E-state index < -0.39 is 0 Å².